The Morgan fingerprint density at radius 1 is 0.650 bits per heavy atom. The number of amides is 2. The third-order valence-corrected chi connectivity index (χ3v) is 1.92. The van der Waals surface area contributed by atoms with Crippen molar-refractivity contribution < 1.29 is 29.4 Å². The van der Waals surface area contributed by atoms with Crippen LogP contribution in [0.5, 0.6) is 0 Å². The Bertz CT molecular complexity index is 326. The summed E-state index contributed by atoms with van der Waals surface area (Å²) in [7, 11) is 0. The largest absolute Gasteiger partial charge is 0.480 e. The van der Waals surface area contributed by atoms with Gasteiger partial charge in [0.25, 0.3) is 0 Å². The summed E-state index contributed by atoms with van der Waals surface area (Å²) in [6.07, 6.45) is 0. The molecular formula is C10H18N4O6. The number of hydrogen-bond acceptors (Lipinski definition) is 6. The normalized spacial score (nSPS) is 9.80. The molecule has 0 aliphatic carbocycles. The number of aliphatic carboxylic acids is 2. The molecular weight excluding hydrogens is 272 g/mol. The summed E-state index contributed by atoms with van der Waals surface area (Å²) in [5, 5.41) is 26.5. The second-order valence-electron chi connectivity index (χ2n) is 3.69. The van der Waals surface area contributed by atoms with Crippen molar-refractivity contribution in [1.82, 2.24) is 21.3 Å². The molecule has 0 aliphatic heterocycles. The second-order valence-corrected chi connectivity index (χ2v) is 3.69. The molecule has 114 valence electrons. The van der Waals surface area contributed by atoms with E-state index in [4.69, 9.17) is 10.2 Å². The molecule has 10 heteroatoms. The van der Waals surface area contributed by atoms with Crippen LogP contribution >= 0.6 is 0 Å². The standard InChI is InChI=1S/C10H18N4O6/c15-7(13-5-9(17)18)3-11-1-2-12-4-8(16)14-6-10(19)20/h11-12H,1-6H2,(H,13,15)(H,14,16)(H,17,18)(H,19,20). The van der Waals surface area contributed by atoms with Gasteiger partial charge >= 0.3 is 11.9 Å². The minimum absolute atomic E-state index is 0.0276. The number of carbonyl (C=O) groups excluding carboxylic acids is 2. The maximum atomic E-state index is 11.1. The van der Waals surface area contributed by atoms with Gasteiger partial charge in [-0.2, -0.15) is 0 Å². The van der Waals surface area contributed by atoms with Gasteiger partial charge in [-0.1, -0.05) is 0 Å². The molecule has 0 aliphatic rings. The zero-order chi connectivity index (χ0) is 15.4. The van der Waals surface area contributed by atoms with E-state index in [1.54, 1.807) is 0 Å². The van der Waals surface area contributed by atoms with E-state index in [1.807, 2.05) is 0 Å². The van der Waals surface area contributed by atoms with E-state index in [0.717, 1.165) is 0 Å². The first kappa shape index (κ1) is 17.8. The fraction of sp³-hybridized carbons (Fsp3) is 0.600. The molecule has 10 nitrogen and oxygen atoms in total. The van der Waals surface area contributed by atoms with Crippen molar-refractivity contribution in [2.75, 3.05) is 39.3 Å². The summed E-state index contributed by atoms with van der Waals surface area (Å²) in [6.45, 7) is -0.120. The average molecular weight is 290 g/mol. The van der Waals surface area contributed by atoms with Crippen molar-refractivity contribution in [3.05, 3.63) is 0 Å². The van der Waals surface area contributed by atoms with Crippen LogP contribution in [-0.2, 0) is 19.2 Å². The lowest BCUT2D eigenvalue weighted by atomic mass is 10.5. The lowest BCUT2D eigenvalue weighted by Crippen LogP contribution is -2.41. The van der Waals surface area contributed by atoms with Crippen molar-refractivity contribution in [3.8, 4) is 0 Å². The van der Waals surface area contributed by atoms with Gasteiger partial charge < -0.3 is 31.5 Å². The topological polar surface area (TPSA) is 157 Å². The van der Waals surface area contributed by atoms with Gasteiger partial charge in [-0.25, -0.2) is 0 Å². The lowest BCUT2D eigenvalue weighted by Gasteiger charge is -2.06. The van der Waals surface area contributed by atoms with Gasteiger partial charge in [0.05, 0.1) is 13.1 Å². The minimum Gasteiger partial charge on any atom is -0.480 e. The molecule has 0 fully saturated rings. The van der Waals surface area contributed by atoms with E-state index < -0.39 is 36.8 Å². The van der Waals surface area contributed by atoms with Crippen LogP contribution in [0.25, 0.3) is 0 Å². The summed E-state index contributed by atoms with van der Waals surface area (Å²) < 4.78 is 0. The third kappa shape index (κ3) is 12.3. The molecule has 0 rings (SSSR count). The predicted octanol–water partition coefficient (Wildman–Crippen LogP) is -3.43. The van der Waals surface area contributed by atoms with E-state index >= 15 is 0 Å². The molecule has 0 saturated carbocycles. The number of carboxylic acids is 2. The lowest BCUT2D eigenvalue weighted by molar-refractivity contribution is -0.138. The Labute approximate surface area is 114 Å². The number of hydrogen-bond donors (Lipinski definition) is 6. The van der Waals surface area contributed by atoms with Crippen molar-refractivity contribution in [1.29, 1.82) is 0 Å². The molecule has 0 aromatic rings. The highest BCUT2D eigenvalue weighted by Gasteiger charge is 2.04. The Morgan fingerprint density at radius 3 is 1.30 bits per heavy atom. The average Bonchev–Trinajstić information content (AvgIpc) is 2.37. The summed E-state index contributed by atoms with van der Waals surface area (Å²) in [6, 6.07) is 0. The highest BCUT2D eigenvalue weighted by molar-refractivity contribution is 5.83. The van der Waals surface area contributed by atoms with E-state index in [-0.39, 0.29) is 13.1 Å². The molecule has 0 atom stereocenters. The smallest absolute Gasteiger partial charge is 0.322 e. The number of rotatable bonds is 11. The van der Waals surface area contributed by atoms with Crippen molar-refractivity contribution in [3.63, 3.8) is 0 Å². The Hall–Kier alpha value is -2.20. The van der Waals surface area contributed by atoms with E-state index in [0.29, 0.717) is 13.1 Å². The summed E-state index contributed by atoms with van der Waals surface area (Å²) in [5.74, 6) is -3.11. The molecule has 0 radical (unpaired) electrons. The van der Waals surface area contributed by atoms with Gasteiger partial charge in [0, 0.05) is 13.1 Å². The van der Waals surface area contributed by atoms with Crippen LogP contribution in [0.2, 0.25) is 0 Å². The van der Waals surface area contributed by atoms with E-state index in [9.17, 15) is 19.2 Å². The fourth-order valence-corrected chi connectivity index (χ4v) is 1.05. The molecule has 0 bridgehead atoms. The molecule has 0 saturated heterocycles. The highest BCUT2D eigenvalue weighted by Crippen LogP contribution is 1.68. The Kier molecular flexibility index (Phi) is 9.52. The number of carbonyl (C=O) groups is 4. The Morgan fingerprint density at radius 2 is 1.00 bits per heavy atom. The zero-order valence-electron chi connectivity index (χ0n) is 10.8. The Balaban J connectivity index is 3.39. The van der Waals surface area contributed by atoms with Crippen molar-refractivity contribution in [2.45, 2.75) is 0 Å². The first-order valence-corrected chi connectivity index (χ1v) is 5.80. The molecule has 20 heavy (non-hydrogen) atoms. The second kappa shape index (κ2) is 10.7. The highest BCUT2D eigenvalue weighted by atomic mass is 16.4. The molecule has 0 heterocycles. The van der Waals surface area contributed by atoms with Gasteiger partial charge in [0.2, 0.25) is 11.8 Å². The maximum absolute atomic E-state index is 11.1. The fourth-order valence-electron chi connectivity index (χ4n) is 1.05. The zero-order valence-corrected chi connectivity index (χ0v) is 10.8. The van der Waals surface area contributed by atoms with Gasteiger partial charge in [0.1, 0.15) is 13.1 Å². The maximum Gasteiger partial charge on any atom is 0.322 e. The van der Waals surface area contributed by atoms with Gasteiger partial charge in [0.15, 0.2) is 0 Å². The quantitative estimate of drug-likeness (QED) is 0.215. The van der Waals surface area contributed by atoms with E-state index in [1.165, 1.54) is 0 Å². The van der Waals surface area contributed by atoms with Gasteiger partial charge in [-0.3, -0.25) is 19.2 Å². The first-order valence-electron chi connectivity index (χ1n) is 5.80. The van der Waals surface area contributed by atoms with E-state index in [2.05, 4.69) is 21.3 Å². The summed E-state index contributed by atoms with van der Waals surface area (Å²) in [4.78, 5) is 42.4. The van der Waals surface area contributed by atoms with Crippen LogP contribution in [0.15, 0.2) is 0 Å². The SMILES string of the molecule is O=C(O)CNC(=O)CNCCNCC(=O)NCC(=O)O. The molecule has 2 amide bonds. The van der Waals surface area contributed by atoms with Gasteiger partial charge in [-0.15, -0.1) is 0 Å². The number of carboxylic acid groups (broad SMARTS) is 2. The third-order valence-electron chi connectivity index (χ3n) is 1.92. The van der Waals surface area contributed by atoms with Crippen LogP contribution in [0.4, 0.5) is 0 Å². The number of nitrogens with one attached hydrogen (secondary N) is 4. The van der Waals surface area contributed by atoms with Crippen molar-refractivity contribution >= 4 is 23.8 Å². The molecule has 0 aromatic carbocycles. The summed E-state index contributed by atoms with van der Waals surface area (Å²) >= 11 is 0. The monoisotopic (exact) mass is 290 g/mol. The van der Waals surface area contributed by atoms with Crippen LogP contribution in [0.1, 0.15) is 0 Å². The molecule has 6 N–H and O–H groups in total. The minimum atomic E-state index is -1.12. The van der Waals surface area contributed by atoms with Crippen LogP contribution in [-0.4, -0.2) is 73.2 Å². The van der Waals surface area contributed by atoms with Crippen LogP contribution in [0, 0.1) is 0 Å². The molecule has 0 unspecified atom stereocenters. The predicted molar refractivity (Wildman–Crippen MR) is 67.0 cm³/mol. The molecule has 0 aromatic heterocycles. The molecule has 0 spiro atoms. The van der Waals surface area contributed by atoms with Crippen LogP contribution in [0.3, 0.4) is 0 Å². The first-order chi connectivity index (χ1) is 9.41. The van der Waals surface area contributed by atoms with Crippen LogP contribution < -0.4 is 21.3 Å². The van der Waals surface area contributed by atoms with Gasteiger partial charge in [-0.05, 0) is 0 Å². The van der Waals surface area contributed by atoms with Crippen molar-refractivity contribution in [2.24, 2.45) is 0 Å². The summed E-state index contributed by atoms with van der Waals surface area (Å²) in [5.41, 5.74) is 0.